The molecule has 0 saturated carbocycles. The molecule has 2 aromatic carbocycles. The highest BCUT2D eigenvalue weighted by Gasteiger charge is 2.30. The number of rotatable bonds is 3. The first-order chi connectivity index (χ1) is 10.9. The Balaban J connectivity index is 1.76. The van der Waals surface area contributed by atoms with E-state index in [-0.39, 0.29) is 6.04 Å². The summed E-state index contributed by atoms with van der Waals surface area (Å²) in [5.74, 6) is 0. The summed E-state index contributed by atoms with van der Waals surface area (Å²) >= 11 is 0. The van der Waals surface area contributed by atoms with Crippen molar-refractivity contribution in [3.63, 3.8) is 0 Å². The van der Waals surface area contributed by atoms with Gasteiger partial charge in [-0.25, -0.2) is 0 Å². The summed E-state index contributed by atoms with van der Waals surface area (Å²) in [7, 11) is 0. The van der Waals surface area contributed by atoms with Gasteiger partial charge in [0.05, 0.1) is 5.56 Å². The lowest BCUT2D eigenvalue weighted by Gasteiger charge is -2.24. The molecule has 1 aliphatic rings. The largest absolute Gasteiger partial charge is 0.416 e. The molecule has 1 aliphatic heterocycles. The highest BCUT2D eigenvalue weighted by molar-refractivity contribution is 5.36. The van der Waals surface area contributed by atoms with Crippen LogP contribution in [0.25, 0.3) is 0 Å². The minimum atomic E-state index is -4.29. The fraction of sp³-hybridized carbons (Fsp3) is 0.333. The summed E-state index contributed by atoms with van der Waals surface area (Å²) in [6.45, 7) is 4.15. The van der Waals surface area contributed by atoms with Gasteiger partial charge in [0.1, 0.15) is 0 Å². The van der Waals surface area contributed by atoms with Crippen molar-refractivity contribution in [3.05, 3.63) is 70.3 Å². The van der Waals surface area contributed by atoms with Gasteiger partial charge in [0, 0.05) is 25.7 Å². The smallest absolute Gasteiger partial charge is 0.326 e. The number of benzene rings is 2. The van der Waals surface area contributed by atoms with Crippen LogP contribution in [-0.4, -0.2) is 4.90 Å². The van der Waals surface area contributed by atoms with E-state index in [1.54, 1.807) is 12.1 Å². The number of alkyl halides is 3. The van der Waals surface area contributed by atoms with Crippen molar-refractivity contribution < 1.29 is 13.2 Å². The number of hydrogen-bond donors (Lipinski definition) is 1. The van der Waals surface area contributed by atoms with Crippen molar-refractivity contribution in [2.24, 2.45) is 5.73 Å². The standard InChI is InChI=1S/C18H19F3N2/c1-12(14-4-6-17(7-5-14)18(19,20)21)23-10-15-3-2-13(9-22)8-16(15)11-23/h2-8,12H,9-11,22H2,1H3. The van der Waals surface area contributed by atoms with Gasteiger partial charge in [-0.3, -0.25) is 4.90 Å². The van der Waals surface area contributed by atoms with Gasteiger partial charge in [0.25, 0.3) is 0 Å². The molecule has 0 spiro atoms. The second-order valence-corrected chi connectivity index (χ2v) is 6.01. The van der Waals surface area contributed by atoms with Crippen LogP contribution in [-0.2, 0) is 25.8 Å². The molecule has 0 aliphatic carbocycles. The highest BCUT2D eigenvalue weighted by atomic mass is 19.4. The van der Waals surface area contributed by atoms with Gasteiger partial charge in [-0.2, -0.15) is 13.2 Å². The van der Waals surface area contributed by atoms with Crippen molar-refractivity contribution in [3.8, 4) is 0 Å². The van der Waals surface area contributed by atoms with Crippen molar-refractivity contribution >= 4 is 0 Å². The van der Waals surface area contributed by atoms with E-state index in [0.717, 1.165) is 36.3 Å². The molecule has 1 atom stereocenters. The quantitative estimate of drug-likeness (QED) is 0.916. The third kappa shape index (κ3) is 3.26. The fourth-order valence-electron chi connectivity index (χ4n) is 3.04. The third-order valence-corrected chi connectivity index (χ3v) is 4.52. The fourth-order valence-corrected chi connectivity index (χ4v) is 3.04. The van der Waals surface area contributed by atoms with E-state index in [1.807, 2.05) is 13.0 Å². The van der Waals surface area contributed by atoms with E-state index in [1.165, 1.54) is 11.1 Å². The molecule has 2 nitrogen and oxygen atoms in total. The molecule has 0 aromatic heterocycles. The lowest BCUT2D eigenvalue weighted by atomic mass is 10.0. The Labute approximate surface area is 133 Å². The molecule has 23 heavy (non-hydrogen) atoms. The summed E-state index contributed by atoms with van der Waals surface area (Å²) in [6, 6.07) is 11.8. The van der Waals surface area contributed by atoms with E-state index in [9.17, 15) is 13.2 Å². The molecule has 3 rings (SSSR count). The summed E-state index contributed by atoms with van der Waals surface area (Å²) in [6.07, 6.45) is -4.29. The molecule has 1 unspecified atom stereocenters. The van der Waals surface area contributed by atoms with Gasteiger partial charge >= 0.3 is 6.18 Å². The molecule has 0 fully saturated rings. The maximum absolute atomic E-state index is 12.7. The van der Waals surface area contributed by atoms with Crippen LogP contribution in [0.1, 0.15) is 40.8 Å². The van der Waals surface area contributed by atoms with Crippen LogP contribution in [0.4, 0.5) is 13.2 Å². The van der Waals surface area contributed by atoms with Gasteiger partial charge in [-0.1, -0.05) is 30.3 Å². The second-order valence-electron chi connectivity index (χ2n) is 6.01. The Kier molecular flexibility index (Phi) is 4.17. The van der Waals surface area contributed by atoms with Gasteiger partial charge in [0.15, 0.2) is 0 Å². The number of nitrogens with zero attached hydrogens (tertiary/aromatic N) is 1. The Morgan fingerprint density at radius 3 is 2.30 bits per heavy atom. The predicted molar refractivity (Wildman–Crippen MR) is 83.4 cm³/mol. The minimum Gasteiger partial charge on any atom is -0.326 e. The molecule has 0 radical (unpaired) electrons. The molecular formula is C18H19F3N2. The first-order valence-electron chi connectivity index (χ1n) is 7.60. The van der Waals surface area contributed by atoms with Crippen LogP contribution >= 0.6 is 0 Å². The molecular weight excluding hydrogens is 301 g/mol. The average Bonchev–Trinajstić information content (AvgIpc) is 2.96. The van der Waals surface area contributed by atoms with E-state index < -0.39 is 11.7 Å². The summed E-state index contributed by atoms with van der Waals surface area (Å²) in [5, 5.41) is 0. The first kappa shape index (κ1) is 16.0. The lowest BCUT2D eigenvalue weighted by Crippen LogP contribution is -2.20. The molecule has 1 heterocycles. The predicted octanol–water partition coefficient (Wildman–Crippen LogP) is 4.24. The average molecular weight is 320 g/mol. The Morgan fingerprint density at radius 1 is 1.04 bits per heavy atom. The van der Waals surface area contributed by atoms with Crippen LogP contribution in [0.15, 0.2) is 42.5 Å². The lowest BCUT2D eigenvalue weighted by molar-refractivity contribution is -0.137. The van der Waals surface area contributed by atoms with Gasteiger partial charge in [-0.15, -0.1) is 0 Å². The summed E-state index contributed by atoms with van der Waals surface area (Å²) in [5.41, 5.74) is 9.59. The van der Waals surface area contributed by atoms with Crippen molar-refractivity contribution in [2.45, 2.75) is 38.8 Å². The highest BCUT2D eigenvalue weighted by Crippen LogP contribution is 2.34. The molecule has 0 saturated heterocycles. The van der Waals surface area contributed by atoms with E-state index in [0.29, 0.717) is 6.54 Å². The van der Waals surface area contributed by atoms with Gasteiger partial charge in [0.2, 0.25) is 0 Å². The van der Waals surface area contributed by atoms with Crippen LogP contribution in [0.2, 0.25) is 0 Å². The zero-order chi connectivity index (χ0) is 16.6. The SMILES string of the molecule is CC(c1ccc(C(F)(F)F)cc1)N1Cc2ccc(CN)cc2C1. The minimum absolute atomic E-state index is 0.0611. The molecule has 122 valence electrons. The summed E-state index contributed by atoms with van der Waals surface area (Å²) < 4.78 is 38.0. The number of nitrogens with two attached hydrogens (primary N) is 1. The zero-order valence-electron chi connectivity index (χ0n) is 12.9. The molecule has 2 aromatic rings. The second kappa shape index (κ2) is 5.98. The molecule has 2 N–H and O–H groups in total. The van der Waals surface area contributed by atoms with Gasteiger partial charge in [-0.05, 0) is 41.3 Å². The Hall–Kier alpha value is -1.85. The van der Waals surface area contributed by atoms with E-state index in [4.69, 9.17) is 5.73 Å². The normalized spacial score (nSPS) is 16.4. The third-order valence-electron chi connectivity index (χ3n) is 4.52. The van der Waals surface area contributed by atoms with Crippen molar-refractivity contribution in [1.82, 2.24) is 4.90 Å². The molecule has 0 amide bonds. The molecule has 0 bridgehead atoms. The topological polar surface area (TPSA) is 29.3 Å². The Bertz CT molecular complexity index is 692. The maximum Gasteiger partial charge on any atom is 0.416 e. The van der Waals surface area contributed by atoms with Gasteiger partial charge < -0.3 is 5.73 Å². The summed E-state index contributed by atoms with van der Waals surface area (Å²) in [4.78, 5) is 2.26. The molecule has 5 heteroatoms. The number of fused-ring (bicyclic) bond motifs is 1. The monoisotopic (exact) mass is 320 g/mol. The first-order valence-corrected chi connectivity index (χ1v) is 7.60. The number of halogens is 3. The van der Waals surface area contributed by atoms with E-state index >= 15 is 0 Å². The van der Waals surface area contributed by atoms with Crippen LogP contribution < -0.4 is 5.73 Å². The van der Waals surface area contributed by atoms with E-state index in [2.05, 4.69) is 17.0 Å². The van der Waals surface area contributed by atoms with Crippen molar-refractivity contribution in [2.75, 3.05) is 0 Å². The number of hydrogen-bond acceptors (Lipinski definition) is 2. The van der Waals surface area contributed by atoms with Crippen molar-refractivity contribution in [1.29, 1.82) is 0 Å². The van der Waals surface area contributed by atoms with Crippen LogP contribution in [0, 0.1) is 0 Å². The Morgan fingerprint density at radius 2 is 1.70 bits per heavy atom. The van der Waals surface area contributed by atoms with Crippen LogP contribution in [0.3, 0.4) is 0 Å². The van der Waals surface area contributed by atoms with Crippen LogP contribution in [0.5, 0.6) is 0 Å². The maximum atomic E-state index is 12.7. The zero-order valence-corrected chi connectivity index (χ0v) is 12.9.